The molecule has 12 nitrogen and oxygen atoms in total. The molecule has 2 N–H and O–H groups in total. The van der Waals surface area contributed by atoms with E-state index in [0.717, 1.165) is 9.54 Å². The molecule has 5 aromatic rings. The minimum Gasteiger partial charge on any atom is -0.508 e. The van der Waals surface area contributed by atoms with Crippen LogP contribution in [0.25, 0.3) is 22.3 Å². The number of nitrogens with one attached hydrogen (secondary N) is 1. The number of fused-ring (bicyclic) bond motifs is 1. The molecule has 0 saturated carbocycles. The van der Waals surface area contributed by atoms with Crippen LogP contribution in [0.1, 0.15) is 11.5 Å². The van der Waals surface area contributed by atoms with E-state index in [2.05, 4.69) is 19.8 Å². The van der Waals surface area contributed by atoms with E-state index in [-0.39, 0.29) is 18.1 Å². The van der Waals surface area contributed by atoms with Crippen molar-refractivity contribution in [3.8, 4) is 22.8 Å². The quantitative estimate of drug-likeness (QED) is 0.307. The largest absolute Gasteiger partial charge is 0.508 e. The fourth-order valence-electron chi connectivity index (χ4n) is 4.11. The van der Waals surface area contributed by atoms with Gasteiger partial charge in [-0.2, -0.15) is 13.5 Å². The summed E-state index contributed by atoms with van der Waals surface area (Å²) in [6.07, 6.45) is 6.72. The van der Waals surface area contributed by atoms with Crippen molar-refractivity contribution >= 4 is 32.6 Å². The van der Waals surface area contributed by atoms with E-state index in [9.17, 15) is 13.5 Å². The second kappa shape index (κ2) is 9.76. The fraction of sp³-hybridized carbons (Fsp3) is 0.200. The van der Waals surface area contributed by atoms with Gasteiger partial charge in [0.15, 0.2) is 0 Å². The average molecular weight is 535 g/mol. The summed E-state index contributed by atoms with van der Waals surface area (Å²) in [6.45, 7) is 1.78. The van der Waals surface area contributed by atoms with Gasteiger partial charge in [0.1, 0.15) is 17.3 Å². The third-order valence-electron chi connectivity index (χ3n) is 5.94. The van der Waals surface area contributed by atoms with Crippen molar-refractivity contribution in [2.24, 2.45) is 7.05 Å². The number of anilines is 2. The predicted octanol–water partition coefficient (Wildman–Crippen LogP) is 2.90. The average Bonchev–Trinajstić information content (AvgIpc) is 3.51. The van der Waals surface area contributed by atoms with Crippen molar-refractivity contribution in [2.75, 3.05) is 19.1 Å². The van der Waals surface area contributed by atoms with Gasteiger partial charge in [0.05, 0.1) is 48.5 Å². The summed E-state index contributed by atoms with van der Waals surface area (Å²) in [5.74, 6) is 0.701. The topological polar surface area (TPSA) is 140 Å². The van der Waals surface area contributed by atoms with Gasteiger partial charge in [-0.3, -0.25) is 9.67 Å². The Morgan fingerprint density at radius 1 is 1.05 bits per heavy atom. The molecular weight excluding hydrogens is 508 g/mol. The van der Waals surface area contributed by atoms with E-state index in [0.29, 0.717) is 39.5 Å². The normalized spacial score (nSPS) is 11.7. The van der Waals surface area contributed by atoms with Crippen LogP contribution in [0.5, 0.6) is 11.5 Å². The molecule has 196 valence electrons. The number of phenols is 1. The second-order valence-corrected chi connectivity index (χ2v) is 10.4. The number of aromatic hydroxyl groups is 1. The summed E-state index contributed by atoms with van der Waals surface area (Å²) >= 11 is 0. The number of methoxy groups -OCH3 is 1. The molecule has 3 heterocycles. The van der Waals surface area contributed by atoms with Crippen LogP contribution in [0.2, 0.25) is 0 Å². The van der Waals surface area contributed by atoms with Crippen molar-refractivity contribution in [2.45, 2.75) is 13.5 Å². The van der Waals surface area contributed by atoms with Gasteiger partial charge in [-0.25, -0.2) is 18.7 Å². The van der Waals surface area contributed by atoms with Gasteiger partial charge >= 0.3 is 10.2 Å². The number of aryl methyl sites for hydroxylation is 2. The minimum absolute atomic E-state index is 0.00818. The highest BCUT2D eigenvalue weighted by molar-refractivity contribution is 7.87. The SMILES string of the molecule is CNS(=O)(=O)n1cc(C)nc1CN(c1cc(O)cc(OC)c1)c1ccc2ncc(-c3cnn(C)c3)nc2c1. The molecule has 38 heavy (non-hydrogen) atoms. The maximum atomic E-state index is 12.7. The first-order valence-electron chi connectivity index (χ1n) is 11.6. The first-order valence-corrected chi connectivity index (χ1v) is 13.0. The molecule has 0 aliphatic heterocycles. The predicted molar refractivity (Wildman–Crippen MR) is 143 cm³/mol. The fourth-order valence-corrected chi connectivity index (χ4v) is 4.98. The molecule has 0 bridgehead atoms. The zero-order valence-electron chi connectivity index (χ0n) is 21.2. The Labute approximate surface area is 219 Å². The van der Waals surface area contributed by atoms with E-state index >= 15 is 0 Å². The molecule has 0 fully saturated rings. The van der Waals surface area contributed by atoms with Crippen LogP contribution in [0.4, 0.5) is 11.4 Å². The summed E-state index contributed by atoms with van der Waals surface area (Å²) in [7, 11) is 0.841. The molecule has 0 saturated heterocycles. The van der Waals surface area contributed by atoms with E-state index in [4.69, 9.17) is 9.72 Å². The number of aromatic nitrogens is 6. The maximum absolute atomic E-state index is 12.7. The van der Waals surface area contributed by atoms with Gasteiger partial charge in [-0.15, -0.1) is 0 Å². The lowest BCUT2D eigenvalue weighted by atomic mass is 10.2. The third kappa shape index (κ3) is 4.88. The highest BCUT2D eigenvalue weighted by Crippen LogP contribution is 2.35. The molecule has 3 aromatic heterocycles. The second-order valence-electron chi connectivity index (χ2n) is 8.61. The van der Waals surface area contributed by atoms with E-state index in [1.807, 2.05) is 36.3 Å². The van der Waals surface area contributed by atoms with Gasteiger partial charge in [0.2, 0.25) is 0 Å². The third-order valence-corrected chi connectivity index (χ3v) is 7.29. The van der Waals surface area contributed by atoms with Gasteiger partial charge in [0.25, 0.3) is 0 Å². The molecule has 0 amide bonds. The van der Waals surface area contributed by atoms with Crippen LogP contribution < -0.4 is 14.4 Å². The van der Waals surface area contributed by atoms with Gasteiger partial charge in [-0.05, 0) is 25.1 Å². The monoisotopic (exact) mass is 534 g/mol. The van der Waals surface area contributed by atoms with Gasteiger partial charge < -0.3 is 14.7 Å². The molecule has 13 heteroatoms. The number of benzene rings is 2. The standard InChI is InChI=1S/C25H26N8O4S/c1-16-13-33(38(35,36)26-2)25(29-16)15-32(19-7-20(34)10-21(8-19)37-4)18-5-6-22-23(9-18)30-24(12-27-22)17-11-28-31(3)14-17/h5-14,26,34H,15H2,1-4H3. The Hall–Kier alpha value is -4.49. The zero-order chi connectivity index (χ0) is 27.0. The Balaban J connectivity index is 1.66. The molecule has 5 rings (SSSR count). The number of ether oxygens (including phenoxy) is 1. The minimum atomic E-state index is -3.83. The van der Waals surface area contributed by atoms with Crippen LogP contribution in [-0.4, -0.2) is 56.4 Å². The first kappa shape index (κ1) is 25.2. The van der Waals surface area contributed by atoms with Crippen molar-refractivity contribution in [3.05, 3.63) is 72.7 Å². The lowest BCUT2D eigenvalue weighted by Crippen LogP contribution is -2.29. The summed E-state index contributed by atoms with van der Waals surface area (Å²) in [5.41, 5.74) is 4.59. The number of rotatable bonds is 8. The van der Waals surface area contributed by atoms with E-state index in [1.165, 1.54) is 26.4 Å². The van der Waals surface area contributed by atoms with E-state index < -0.39 is 10.2 Å². The van der Waals surface area contributed by atoms with Crippen LogP contribution >= 0.6 is 0 Å². The molecule has 0 atom stereocenters. The Morgan fingerprint density at radius 3 is 2.58 bits per heavy atom. The summed E-state index contributed by atoms with van der Waals surface area (Å²) in [6, 6.07) is 10.3. The number of hydrogen-bond donors (Lipinski definition) is 2. The maximum Gasteiger partial charge on any atom is 0.306 e. The smallest absolute Gasteiger partial charge is 0.306 e. The molecule has 0 spiro atoms. The van der Waals surface area contributed by atoms with Crippen LogP contribution in [0, 0.1) is 6.92 Å². The van der Waals surface area contributed by atoms with E-state index in [1.54, 1.807) is 36.1 Å². The molecular formula is C25H26N8O4S. The van der Waals surface area contributed by atoms with Crippen molar-refractivity contribution in [3.63, 3.8) is 0 Å². The summed E-state index contributed by atoms with van der Waals surface area (Å²) < 4.78 is 35.9. The molecule has 0 aliphatic rings. The number of imidazole rings is 1. The summed E-state index contributed by atoms with van der Waals surface area (Å²) in [5, 5.41) is 14.6. The molecule has 2 aromatic carbocycles. The van der Waals surface area contributed by atoms with Gasteiger partial charge in [0, 0.05) is 61.6 Å². The summed E-state index contributed by atoms with van der Waals surface area (Å²) in [4.78, 5) is 15.6. The molecule has 0 unspecified atom stereocenters. The van der Waals surface area contributed by atoms with Crippen LogP contribution in [0.15, 0.2) is 61.2 Å². The molecule has 0 radical (unpaired) electrons. The zero-order valence-corrected chi connectivity index (χ0v) is 22.0. The highest BCUT2D eigenvalue weighted by Gasteiger charge is 2.22. The van der Waals surface area contributed by atoms with Crippen molar-refractivity contribution in [1.82, 2.24) is 33.4 Å². The lowest BCUT2D eigenvalue weighted by molar-refractivity contribution is 0.408. The first-order chi connectivity index (χ1) is 18.2. The van der Waals surface area contributed by atoms with Crippen LogP contribution in [0.3, 0.4) is 0 Å². The number of hydrogen-bond acceptors (Lipinski definition) is 9. The molecule has 0 aliphatic carbocycles. The number of phenolic OH excluding ortho intramolecular Hbond substituents is 1. The van der Waals surface area contributed by atoms with Crippen molar-refractivity contribution in [1.29, 1.82) is 0 Å². The Morgan fingerprint density at radius 2 is 1.87 bits per heavy atom. The Bertz CT molecular complexity index is 1750. The van der Waals surface area contributed by atoms with Gasteiger partial charge in [-0.1, -0.05) is 0 Å². The van der Waals surface area contributed by atoms with Crippen molar-refractivity contribution < 1.29 is 18.3 Å². The number of nitrogens with zero attached hydrogens (tertiary/aromatic N) is 7. The lowest BCUT2D eigenvalue weighted by Gasteiger charge is -2.26. The highest BCUT2D eigenvalue weighted by atomic mass is 32.2. The Kier molecular flexibility index (Phi) is 6.46. The van der Waals surface area contributed by atoms with Crippen LogP contribution in [-0.2, 0) is 23.8 Å².